The van der Waals surface area contributed by atoms with E-state index < -0.39 is 15.8 Å². The summed E-state index contributed by atoms with van der Waals surface area (Å²) in [6.45, 7) is 1.78. The van der Waals surface area contributed by atoms with Crippen LogP contribution in [0.3, 0.4) is 0 Å². The Hall–Kier alpha value is -1.22. The minimum absolute atomic E-state index is 0. The van der Waals surface area contributed by atoms with Crippen LogP contribution >= 0.6 is 12.4 Å². The van der Waals surface area contributed by atoms with Crippen molar-refractivity contribution in [1.29, 1.82) is 0 Å². The Bertz CT molecular complexity index is 679. The van der Waals surface area contributed by atoms with Gasteiger partial charge in [-0.2, -0.15) is 4.31 Å². The summed E-state index contributed by atoms with van der Waals surface area (Å²) in [7, 11) is -0.277. The molecule has 0 unspecified atom stereocenters. The monoisotopic (exact) mass is 393 g/mol. The summed E-state index contributed by atoms with van der Waals surface area (Å²) in [5.41, 5.74) is 0. The molecule has 1 aliphatic heterocycles. The number of nitrogens with one attached hydrogen (secondary N) is 1. The maximum Gasteiger partial charge on any atom is 0.245 e. The molecule has 0 aromatic heterocycles. The van der Waals surface area contributed by atoms with Crippen molar-refractivity contribution in [3.05, 3.63) is 30.1 Å². The van der Waals surface area contributed by atoms with Gasteiger partial charge in [-0.1, -0.05) is 12.1 Å². The van der Waals surface area contributed by atoms with Crippen LogP contribution < -0.4 is 5.32 Å². The van der Waals surface area contributed by atoms with Crippen molar-refractivity contribution in [2.24, 2.45) is 5.92 Å². The Morgan fingerprint density at radius 3 is 2.48 bits per heavy atom. The van der Waals surface area contributed by atoms with E-state index in [-0.39, 0.29) is 42.2 Å². The number of nitrogens with zero attached hydrogens (tertiary/aromatic N) is 2. The molecule has 1 saturated heterocycles. The van der Waals surface area contributed by atoms with Gasteiger partial charge in [0, 0.05) is 39.1 Å². The average molecular weight is 394 g/mol. The Kier molecular flexibility index (Phi) is 8.27. The molecular formula is C16H25ClFN3O3S. The molecule has 9 heteroatoms. The fraction of sp³-hybridized carbons (Fsp3) is 0.562. The molecule has 1 amide bonds. The molecule has 1 N–H and O–H groups in total. The maximum atomic E-state index is 13.8. The Labute approximate surface area is 154 Å². The number of rotatable bonds is 6. The molecule has 25 heavy (non-hydrogen) atoms. The fourth-order valence-corrected chi connectivity index (χ4v) is 4.37. The topological polar surface area (TPSA) is 69.7 Å². The molecule has 0 spiro atoms. The van der Waals surface area contributed by atoms with Crippen molar-refractivity contribution in [3.63, 3.8) is 0 Å². The quantitative estimate of drug-likeness (QED) is 0.791. The van der Waals surface area contributed by atoms with E-state index in [0.29, 0.717) is 25.9 Å². The van der Waals surface area contributed by atoms with E-state index >= 15 is 0 Å². The predicted octanol–water partition coefficient (Wildman–Crippen LogP) is 1.33. The zero-order valence-corrected chi connectivity index (χ0v) is 16.1. The number of amides is 1. The highest BCUT2D eigenvalue weighted by Crippen LogP contribution is 2.26. The van der Waals surface area contributed by atoms with Gasteiger partial charge in [-0.3, -0.25) is 4.79 Å². The van der Waals surface area contributed by atoms with Gasteiger partial charge in [-0.15, -0.1) is 12.4 Å². The molecule has 0 atom stereocenters. The second kappa shape index (κ2) is 9.47. The average Bonchev–Trinajstić information content (AvgIpc) is 2.59. The van der Waals surface area contributed by atoms with Gasteiger partial charge in [0.05, 0.1) is 0 Å². The SMILES string of the molecule is CNCCN(C)C(=O)C1CCN(S(=O)(=O)c2ccccc2F)CC1.Cl. The zero-order valence-electron chi connectivity index (χ0n) is 14.4. The molecule has 0 radical (unpaired) electrons. The number of likely N-dealkylation sites (N-methyl/N-ethyl adjacent to an activating group) is 2. The van der Waals surface area contributed by atoms with E-state index in [1.807, 2.05) is 7.05 Å². The highest BCUT2D eigenvalue weighted by atomic mass is 35.5. The fourth-order valence-electron chi connectivity index (χ4n) is 2.84. The lowest BCUT2D eigenvalue weighted by molar-refractivity contribution is -0.135. The van der Waals surface area contributed by atoms with E-state index in [4.69, 9.17) is 0 Å². The van der Waals surface area contributed by atoms with Gasteiger partial charge in [0.1, 0.15) is 10.7 Å². The summed E-state index contributed by atoms with van der Waals surface area (Å²) in [6, 6.07) is 5.37. The Morgan fingerprint density at radius 2 is 1.92 bits per heavy atom. The van der Waals surface area contributed by atoms with Crippen LogP contribution in [0.25, 0.3) is 0 Å². The first-order valence-electron chi connectivity index (χ1n) is 8.02. The Balaban J connectivity index is 0.00000312. The minimum Gasteiger partial charge on any atom is -0.344 e. The number of carbonyl (C=O) groups excluding carboxylic acids is 1. The van der Waals surface area contributed by atoms with Crippen LogP contribution in [0.4, 0.5) is 4.39 Å². The molecule has 142 valence electrons. The van der Waals surface area contributed by atoms with Crippen molar-refractivity contribution in [1.82, 2.24) is 14.5 Å². The highest BCUT2D eigenvalue weighted by Gasteiger charge is 2.34. The lowest BCUT2D eigenvalue weighted by Gasteiger charge is -2.32. The van der Waals surface area contributed by atoms with Crippen molar-refractivity contribution in [2.45, 2.75) is 17.7 Å². The first kappa shape index (κ1) is 21.8. The number of halogens is 2. The normalized spacial score (nSPS) is 16.3. The molecule has 1 fully saturated rings. The predicted molar refractivity (Wildman–Crippen MR) is 96.7 cm³/mol. The van der Waals surface area contributed by atoms with Crippen LogP contribution in [-0.4, -0.2) is 63.8 Å². The lowest BCUT2D eigenvalue weighted by atomic mass is 9.97. The van der Waals surface area contributed by atoms with Gasteiger partial charge in [0.25, 0.3) is 0 Å². The van der Waals surface area contributed by atoms with E-state index in [9.17, 15) is 17.6 Å². The molecular weight excluding hydrogens is 369 g/mol. The van der Waals surface area contributed by atoms with Crippen LogP contribution in [0.1, 0.15) is 12.8 Å². The molecule has 2 rings (SSSR count). The Morgan fingerprint density at radius 1 is 1.32 bits per heavy atom. The van der Waals surface area contributed by atoms with E-state index in [1.165, 1.54) is 22.5 Å². The zero-order chi connectivity index (χ0) is 17.7. The van der Waals surface area contributed by atoms with E-state index in [1.54, 1.807) is 11.9 Å². The summed E-state index contributed by atoms with van der Waals surface area (Å²) in [5.74, 6) is -0.894. The molecule has 0 aliphatic carbocycles. The van der Waals surface area contributed by atoms with Crippen molar-refractivity contribution in [2.75, 3.05) is 40.3 Å². The smallest absolute Gasteiger partial charge is 0.245 e. The summed E-state index contributed by atoms with van der Waals surface area (Å²) in [4.78, 5) is 13.7. The molecule has 0 saturated carbocycles. The van der Waals surface area contributed by atoms with Gasteiger partial charge in [-0.25, -0.2) is 12.8 Å². The number of sulfonamides is 1. The number of hydrogen-bond acceptors (Lipinski definition) is 4. The molecule has 1 aromatic carbocycles. The van der Waals surface area contributed by atoms with Crippen molar-refractivity contribution >= 4 is 28.3 Å². The number of hydrogen-bond donors (Lipinski definition) is 1. The third-order valence-corrected chi connectivity index (χ3v) is 6.26. The molecule has 6 nitrogen and oxygen atoms in total. The van der Waals surface area contributed by atoms with Crippen LogP contribution in [0.15, 0.2) is 29.2 Å². The van der Waals surface area contributed by atoms with Gasteiger partial charge in [-0.05, 0) is 32.0 Å². The van der Waals surface area contributed by atoms with Gasteiger partial charge < -0.3 is 10.2 Å². The third kappa shape index (κ3) is 5.13. The second-order valence-electron chi connectivity index (χ2n) is 5.97. The van der Waals surface area contributed by atoms with Crippen LogP contribution in [0.5, 0.6) is 0 Å². The van der Waals surface area contributed by atoms with E-state index in [2.05, 4.69) is 5.32 Å². The van der Waals surface area contributed by atoms with Crippen LogP contribution in [0, 0.1) is 11.7 Å². The third-order valence-electron chi connectivity index (χ3n) is 4.33. The minimum atomic E-state index is -3.85. The highest BCUT2D eigenvalue weighted by molar-refractivity contribution is 7.89. The molecule has 1 heterocycles. The largest absolute Gasteiger partial charge is 0.344 e. The molecule has 1 aliphatic rings. The van der Waals surface area contributed by atoms with Gasteiger partial charge in [0.2, 0.25) is 15.9 Å². The number of benzene rings is 1. The molecule has 0 bridgehead atoms. The summed E-state index contributed by atoms with van der Waals surface area (Å²) < 4.78 is 40.1. The lowest BCUT2D eigenvalue weighted by Crippen LogP contribution is -2.44. The number of carbonyl (C=O) groups is 1. The van der Waals surface area contributed by atoms with Gasteiger partial charge >= 0.3 is 0 Å². The van der Waals surface area contributed by atoms with Crippen molar-refractivity contribution in [3.8, 4) is 0 Å². The number of piperidine rings is 1. The van der Waals surface area contributed by atoms with Gasteiger partial charge in [0.15, 0.2) is 0 Å². The second-order valence-corrected chi connectivity index (χ2v) is 7.88. The first-order valence-corrected chi connectivity index (χ1v) is 9.46. The van der Waals surface area contributed by atoms with Crippen LogP contribution in [0.2, 0.25) is 0 Å². The van der Waals surface area contributed by atoms with E-state index in [0.717, 1.165) is 6.07 Å². The molecule has 1 aromatic rings. The maximum absolute atomic E-state index is 13.8. The summed E-state index contributed by atoms with van der Waals surface area (Å²) in [6.07, 6.45) is 0.910. The standard InChI is InChI=1S/C16H24FN3O3S.ClH/c1-18-9-12-19(2)16(21)13-7-10-20(11-8-13)24(22,23)15-6-4-3-5-14(15)17;/h3-6,13,18H,7-12H2,1-2H3;1H. The van der Waals surface area contributed by atoms with Crippen molar-refractivity contribution < 1.29 is 17.6 Å². The summed E-state index contributed by atoms with van der Waals surface area (Å²) in [5, 5.41) is 2.99. The van der Waals surface area contributed by atoms with Crippen LogP contribution in [-0.2, 0) is 14.8 Å². The first-order chi connectivity index (χ1) is 11.4. The summed E-state index contributed by atoms with van der Waals surface area (Å²) >= 11 is 0.